The van der Waals surface area contributed by atoms with Crippen molar-refractivity contribution < 1.29 is 14.6 Å². The normalized spacial score (nSPS) is 21.1. The second-order valence-corrected chi connectivity index (χ2v) is 3.22. The lowest BCUT2D eigenvalue weighted by molar-refractivity contribution is -0.131. The molecule has 0 saturated carbocycles. The number of aliphatic hydroxyl groups is 1. The van der Waals surface area contributed by atoms with Gasteiger partial charge in [-0.05, 0) is 13.3 Å². The third kappa shape index (κ3) is 1.67. The van der Waals surface area contributed by atoms with Gasteiger partial charge in [0.2, 0.25) is 0 Å². The number of carbonyl (C=O) groups is 1. The van der Waals surface area contributed by atoms with Crippen LogP contribution in [0.4, 0.5) is 0 Å². The van der Waals surface area contributed by atoms with Crippen LogP contribution in [0.5, 0.6) is 0 Å². The largest absolute Gasteiger partial charge is 0.500 e. The van der Waals surface area contributed by atoms with E-state index in [2.05, 4.69) is 0 Å². The first kappa shape index (κ1) is 9.26. The van der Waals surface area contributed by atoms with Crippen molar-refractivity contribution in [1.82, 2.24) is 0 Å². The zero-order valence-corrected chi connectivity index (χ0v) is 7.46. The van der Waals surface area contributed by atoms with Gasteiger partial charge in [0.05, 0.1) is 12.9 Å². The molecule has 1 unspecified atom stereocenters. The maximum atomic E-state index is 11.5. The molecule has 0 aliphatic carbocycles. The van der Waals surface area contributed by atoms with E-state index in [1.165, 1.54) is 13.2 Å². The molecule has 1 heterocycles. The number of hydrogen-bond donors (Lipinski definition) is 1. The molecule has 12 heavy (non-hydrogen) atoms. The van der Waals surface area contributed by atoms with Gasteiger partial charge in [-0.2, -0.15) is 0 Å². The summed E-state index contributed by atoms with van der Waals surface area (Å²) in [4.78, 5) is 11.5. The minimum atomic E-state index is -1.22. The van der Waals surface area contributed by atoms with E-state index >= 15 is 0 Å². The fourth-order valence-electron chi connectivity index (χ4n) is 1.06. The first-order chi connectivity index (χ1) is 5.58. The molecular weight excluding hydrogens is 156 g/mol. The summed E-state index contributed by atoms with van der Waals surface area (Å²) in [7, 11) is 0. The summed E-state index contributed by atoms with van der Waals surface area (Å²) in [6.45, 7) is 3.88. The van der Waals surface area contributed by atoms with Gasteiger partial charge in [-0.15, -0.1) is 0 Å². The number of hydrogen-bond acceptors (Lipinski definition) is 3. The Kier molecular flexibility index (Phi) is 2.52. The van der Waals surface area contributed by atoms with Gasteiger partial charge < -0.3 is 9.84 Å². The van der Waals surface area contributed by atoms with Gasteiger partial charge in [0.25, 0.3) is 0 Å². The molecule has 0 amide bonds. The predicted molar refractivity (Wildman–Crippen MR) is 44.6 cm³/mol. The molecule has 0 aromatic carbocycles. The maximum absolute atomic E-state index is 11.5. The lowest BCUT2D eigenvalue weighted by atomic mass is 9.92. The average molecular weight is 170 g/mol. The monoisotopic (exact) mass is 170 g/mol. The Labute approximate surface area is 72.0 Å². The van der Waals surface area contributed by atoms with Crippen LogP contribution in [0.3, 0.4) is 0 Å². The molecule has 0 aromatic heterocycles. The number of carbonyl (C=O) groups excluding carboxylic acids is 1. The smallest absolute Gasteiger partial charge is 0.193 e. The first-order valence-electron chi connectivity index (χ1n) is 4.15. The van der Waals surface area contributed by atoms with Crippen molar-refractivity contribution in [2.75, 3.05) is 6.61 Å². The minimum absolute atomic E-state index is 0.206. The van der Waals surface area contributed by atoms with E-state index in [9.17, 15) is 9.90 Å². The summed E-state index contributed by atoms with van der Waals surface area (Å²) in [5.74, 6) is -0.206. The molecule has 3 nitrogen and oxygen atoms in total. The quantitative estimate of drug-likeness (QED) is 0.687. The van der Waals surface area contributed by atoms with E-state index in [-0.39, 0.29) is 5.78 Å². The molecule has 0 aromatic rings. The van der Waals surface area contributed by atoms with Gasteiger partial charge in [-0.1, -0.05) is 6.92 Å². The molecule has 68 valence electrons. The Hall–Kier alpha value is -0.830. The maximum Gasteiger partial charge on any atom is 0.193 e. The highest BCUT2D eigenvalue weighted by Crippen LogP contribution is 2.20. The standard InChI is InChI=1S/C9H14O3/c1-3-9(2,11)8(10)7-4-5-12-6-7/h6,11H,3-5H2,1-2H3. The molecule has 1 rings (SSSR count). The van der Waals surface area contributed by atoms with Crippen LogP contribution in [-0.2, 0) is 9.53 Å². The zero-order chi connectivity index (χ0) is 9.19. The number of Topliss-reactive ketones (excluding diaryl/α,β-unsaturated/α-hetero) is 1. The summed E-state index contributed by atoms with van der Waals surface area (Å²) < 4.78 is 4.92. The van der Waals surface area contributed by atoms with Crippen LogP contribution in [0, 0.1) is 0 Å². The average Bonchev–Trinajstić information content (AvgIpc) is 2.55. The van der Waals surface area contributed by atoms with Crippen LogP contribution in [0.25, 0.3) is 0 Å². The highest BCUT2D eigenvalue weighted by Gasteiger charge is 2.31. The van der Waals surface area contributed by atoms with E-state index < -0.39 is 5.60 Å². The molecular formula is C9H14O3. The topological polar surface area (TPSA) is 46.5 Å². The molecule has 1 atom stereocenters. The van der Waals surface area contributed by atoms with Gasteiger partial charge in [0, 0.05) is 12.0 Å². The Morgan fingerprint density at radius 1 is 1.83 bits per heavy atom. The van der Waals surface area contributed by atoms with Crippen LogP contribution >= 0.6 is 0 Å². The lowest BCUT2D eigenvalue weighted by Gasteiger charge is -2.19. The van der Waals surface area contributed by atoms with Crippen LogP contribution in [0.1, 0.15) is 26.7 Å². The number of rotatable bonds is 3. The van der Waals surface area contributed by atoms with Crippen LogP contribution < -0.4 is 0 Å². The fraction of sp³-hybridized carbons (Fsp3) is 0.667. The fourth-order valence-corrected chi connectivity index (χ4v) is 1.06. The second-order valence-electron chi connectivity index (χ2n) is 3.22. The molecule has 0 spiro atoms. The van der Waals surface area contributed by atoms with Crippen molar-refractivity contribution in [3.63, 3.8) is 0 Å². The summed E-state index contributed by atoms with van der Waals surface area (Å²) in [6, 6.07) is 0. The molecule has 0 bridgehead atoms. The second kappa shape index (κ2) is 3.27. The summed E-state index contributed by atoms with van der Waals surface area (Å²) in [5.41, 5.74) is -0.624. The Balaban J connectivity index is 2.70. The van der Waals surface area contributed by atoms with Crippen LogP contribution in [0.15, 0.2) is 11.8 Å². The summed E-state index contributed by atoms with van der Waals surface area (Å²) in [5, 5.41) is 9.61. The van der Waals surface area contributed by atoms with Crippen LogP contribution in [-0.4, -0.2) is 23.1 Å². The molecule has 3 heteroatoms. The highest BCUT2D eigenvalue weighted by atomic mass is 16.5. The minimum Gasteiger partial charge on any atom is -0.500 e. The van der Waals surface area contributed by atoms with Crippen molar-refractivity contribution in [2.24, 2.45) is 0 Å². The summed E-state index contributed by atoms with van der Waals surface area (Å²) >= 11 is 0. The molecule has 1 N–H and O–H groups in total. The van der Waals surface area contributed by atoms with Gasteiger partial charge in [-0.25, -0.2) is 0 Å². The van der Waals surface area contributed by atoms with Gasteiger partial charge in [0.15, 0.2) is 5.78 Å². The van der Waals surface area contributed by atoms with Crippen molar-refractivity contribution in [2.45, 2.75) is 32.3 Å². The van der Waals surface area contributed by atoms with E-state index in [1.54, 1.807) is 6.92 Å². The Morgan fingerprint density at radius 2 is 2.50 bits per heavy atom. The first-order valence-corrected chi connectivity index (χ1v) is 4.15. The molecule has 0 radical (unpaired) electrons. The van der Waals surface area contributed by atoms with E-state index in [4.69, 9.17) is 4.74 Å². The third-order valence-corrected chi connectivity index (χ3v) is 2.18. The zero-order valence-electron chi connectivity index (χ0n) is 7.46. The van der Waals surface area contributed by atoms with E-state index in [1.807, 2.05) is 0 Å². The molecule has 1 aliphatic heterocycles. The van der Waals surface area contributed by atoms with Gasteiger partial charge in [0.1, 0.15) is 5.60 Å². The van der Waals surface area contributed by atoms with Crippen molar-refractivity contribution in [3.8, 4) is 0 Å². The molecule has 0 saturated heterocycles. The lowest BCUT2D eigenvalue weighted by Crippen LogP contribution is -2.35. The number of ketones is 1. The Morgan fingerprint density at radius 3 is 2.92 bits per heavy atom. The van der Waals surface area contributed by atoms with E-state index in [0.717, 1.165) is 0 Å². The van der Waals surface area contributed by atoms with Crippen molar-refractivity contribution >= 4 is 5.78 Å². The van der Waals surface area contributed by atoms with Gasteiger partial charge in [-0.3, -0.25) is 4.79 Å². The highest BCUT2D eigenvalue weighted by molar-refractivity contribution is 6.01. The third-order valence-electron chi connectivity index (χ3n) is 2.18. The van der Waals surface area contributed by atoms with Gasteiger partial charge >= 0.3 is 0 Å². The SMILES string of the molecule is CCC(C)(O)C(=O)C1=COCC1. The summed E-state index contributed by atoms with van der Waals surface area (Å²) in [6.07, 6.45) is 2.50. The van der Waals surface area contributed by atoms with Crippen molar-refractivity contribution in [1.29, 1.82) is 0 Å². The van der Waals surface area contributed by atoms with Crippen molar-refractivity contribution in [3.05, 3.63) is 11.8 Å². The van der Waals surface area contributed by atoms with E-state index in [0.29, 0.717) is 25.0 Å². The Bertz CT molecular complexity index is 216. The van der Waals surface area contributed by atoms with Crippen LogP contribution in [0.2, 0.25) is 0 Å². The molecule has 0 fully saturated rings. The number of ether oxygens (including phenoxy) is 1. The predicted octanol–water partition coefficient (Wildman–Crippen LogP) is 1.02. The molecule has 1 aliphatic rings.